The van der Waals surface area contributed by atoms with Gasteiger partial charge in [0.2, 0.25) is 5.91 Å². The van der Waals surface area contributed by atoms with Crippen LogP contribution in [0.2, 0.25) is 0 Å². The van der Waals surface area contributed by atoms with Gasteiger partial charge in [0.05, 0.1) is 5.69 Å². The van der Waals surface area contributed by atoms with E-state index in [4.69, 9.17) is 0 Å². The molecular weight excluding hydrogens is 300 g/mol. The molecule has 0 fully saturated rings. The van der Waals surface area contributed by atoms with Gasteiger partial charge in [0.1, 0.15) is 6.04 Å². The fourth-order valence-electron chi connectivity index (χ4n) is 3.10. The Bertz CT molecular complexity index is 733. The molecule has 0 spiro atoms. The molecule has 0 N–H and O–H groups in total. The van der Waals surface area contributed by atoms with E-state index in [2.05, 4.69) is 18.1 Å². The first-order valence-corrected chi connectivity index (χ1v) is 8.20. The van der Waals surface area contributed by atoms with Gasteiger partial charge < -0.3 is 4.90 Å². The third-order valence-corrected chi connectivity index (χ3v) is 4.66. The van der Waals surface area contributed by atoms with Crippen LogP contribution in [0, 0.1) is 20.8 Å². The maximum atomic E-state index is 13.1. The quantitative estimate of drug-likeness (QED) is 0.847. The summed E-state index contributed by atoms with van der Waals surface area (Å²) < 4.78 is 1.87. The van der Waals surface area contributed by atoms with Crippen molar-refractivity contribution in [3.8, 4) is 0 Å². The average Bonchev–Trinajstić information content (AvgIpc) is 2.75. The summed E-state index contributed by atoms with van der Waals surface area (Å²) in [6, 6.07) is 7.79. The Balaban J connectivity index is 2.28. The molecule has 130 valence electrons. The third kappa shape index (κ3) is 3.51. The SMILES string of the molecule is Cc1ccccc1C(C(=O)N(C)Cc1c(C)nn(C)c1C)N(C)C. The summed E-state index contributed by atoms with van der Waals surface area (Å²) in [6.07, 6.45) is 0. The second kappa shape index (κ2) is 7.18. The zero-order valence-corrected chi connectivity index (χ0v) is 15.8. The Morgan fingerprint density at radius 3 is 2.29 bits per heavy atom. The number of hydrogen-bond donors (Lipinski definition) is 0. The number of aryl methyl sites for hydroxylation is 3. The number of likely N-dealkylation sites (N-methyl/N-ethyl adjacent to an activating group) is 2. The lowest BCUT2D eigenvalue weighted by molar-refractivity contribution is -0.135. The highest BCUT2D eigenvalue weighted by molar-refractivity contribution is 5.83. The van der Waals surface area contributed by atoms with Crippen LogP contribution in [0.1, 0.15) is 34.1 Å². The Kier molecular flexibility index (Phi) is 5.44. The fraction of sp³-hybridized carbons (Fsp3) is 0.474. The van der Waals surface area contributed by atoms with Crippen LogP contribution in [0.3, 0.4) is 0 Å². The van der Waals surface area contributed by atoms with Gasteiger partial charge in [-0.1, -0.05) is 24.3 Å². The van der Waals surface area contributed by atoms with E-state index >= 15 is 0 Å². The molecule has 0 radical (unpaired) electrons. The Labute approximate surface area is 144 Å². The van der Waals surface area contributed by atoms with E-state index in [1.165, 1.54) is 0 Å². The largest absolute Gasteiger partial charge is 0.340 e. The second-order valence-electron chi connectivity index (χ2n) is 6.69. The number of rotatable bonds is 5. The number of amides is 1. The zero-order chi connectivity index (χ0) is 18.0. The molecule has 0 saturated heterocycles. The number of carbonyl (C=O) groups is 1. The summed E-state index contributed by atoms with van der Waals surface area (Å²) in [6.45, 7) is 6.65. The first-order chi connectivity index (χ1) is 11.2. The van der Waals surface area contributed by atoms with Crippen molar-refractivity contribution in [2.45, 2.75) is 33.4 Å². The summed E-state index contributed by atoms with van der Waals surface area (Å²) in [5.74, 6) is 0.0944. The molecule has 1 amide bonds. The van der Waals surface area contributed by atoms with Gasteiger partial charge >= 0.3 is 0 Å². The molecule has 1 atom stereocenters. The van der Waals surface area contributed by atoms with Gasteiger partial charge in [-0.2, -0.15) is 5.10 Å². The summed E-state index contributed by atoms with van der Waals surface area (Å²) in [5.41, 5.74) is 5.39. The molecule has 2 rings (SSSR count). The van der Waals surface area contributed by atoms with Crippen LogP contribution in [-0.4, -0.2) is 46.6 Å². The standard InChI is InChI=1S/C19H28N4O/c1-13-10-8-9-11-16(13)18(21(4)5)19(24)22(6)12-17-14(2)20-23(7)15(17)3/h8-11,18H,12H2,1-7H3. The summed E-state index contributed by atoms with van der Waals surface area (Å²) in [5, 5.41) is 4.44. The molecule has 5 nitrogen and oxygen atoms in total. The van der Waals surface area contributed by atoms with Crippen LogP contribution >= 0.6 is 0 Å². The monoisotopic (exact) mass is 328 g/mol. The van der Waals surface area contributed by atoms with E-state index in [0.29, 0.717) is 6.54 Å². The minimum Gasteiger partial charge on any atom is -0.340 e. The molecule has 1 unspecified atom stereocenters. The van der Waals surface area contributed by atoms with Gasteiger partial charge in [-0.25, -0.2) is 0 Å². The lowest BCUT2D eigenvalue weighted by Gasteiger charge is -2.29. The Hall–Kier alpha value is -2.14. The Morgan fingerprint density at radius 1 is 1.17 bits per heavy atom. The second-order valence-corrected chi connectivity index (χ2v) is 6.69. The molecule has 2 aromatic rings. The maximum absolute atomic E-state index is 13.1. The maximum Gasteiger partial charge on any atom is 0.244 e. The molecule has 1 aromatic heterocycles. The fourth-order valence-corrected chi connectivity index (χ4v) is 3.10. The van der Waals surface area contributed by atoms with Crippen LogP contribution in [0.5, 0.6) is 0 Å². The highest BCUT2D eigenvalue weighted by Crippen LogP contribution is 2.25. The lowest BCUT2D eigenvalue weighted by Crippen LogP contribution is -2.38. The predicted molar refractivity (Wildman–Crippen MR) is 96.8 cm³/mol. The first-order valence-electron chi connectivity index (χ1n) is 8.20. The van der Waals surface area contributed by atoms with Crippen molar-refractivity contribution in [2.75, 3.05) is 21.1 Å². The van der Waals surface area contributed by atoms with Gasteiger partial charge in [-0.3, -0.25) is 14.4 Å². The van der Waals surface area contributed by atoms with Gasteiger partial charge in [0, 0.05) is 31.9 Å². The highest BCUT2D eigenvalue weighted by Gasteiger charge is 2.28. The number of carbonyl (C=O) groups excluding carboxylic acids is 1. The number of benzene rings is 1. The third-order valence-electron chi connectivity index (χ3n) is 4.66. The molecule has 0 aliphatic heterocycles. The van der Waals surface area contributed by atoms with Crippen molar-refractivity contribution in [2.24, 2.45) is 7.05 Å². The van der Waals surface area contributed by atoms with Gasteiger partial charge in [0.25, 0.3) is 0 Å². The highest BCUT2D eigenvalue weighted by atomic mass is 16.2. The number of aromatic nitrogens is 2. The summed E-state index contributed by atoms with van der Waals surface area (Å²) in [7, 11) is 7.69. The minimum atomic E-state index is -0.284. The van der Waals surface area contributed by atoms with E-state index in [1.54, 1.807) is 4.90 Å². The summed E-state index contributed by atoms with van der Waals surface area (Å²) in [4.78, 5) is 16.9. The van der Waals surface area contributed by atoms with Gasteiger partial charge in [0.15, 0.2) is 0 Å². The van der Waals surface area contributed by atoms with Crippen molar-refractivity contribution in [1.29, 1.82) is 0 Å². The van der Waals surface area contributed by atoms with E-state index in [1.807, 2.05) is 69.8 Å². The number of hydrogen-bond acceptors (Lipinski definition) is 3. The van der Waals surface area contributed by atoms with Crippen molar-refractivity contribution >= 4 is 5.91 Å². The van der Waals surface area contributed by atoms with Crippen LogP contribution in [-0.2, 0) is 18.4 Å². The van der Waals surface area contributed by atoms with Crippen LogP contribution in [0.4, 0.5) is 0 Å². The van der Waals surface area contributed by atoms with Crippen molar-refractivity contribution in [3.63, 3.8) is 0 Å². The predicted octanol–water partition coefficient (Wildman–Crippen LogP) is 2.61. The van der Waals surface area contributed by atoms with E-state index in [0.717, 1.165) is 28.1 Å². The van der Waals surface area contributed by atoms with Crippen molar-refractivity contribution in [1.82, 2.24) is 19.6 Å². The molecule has 1 aromatic carbocycles. The molecule has 0 aliphatic rings. The Morgan fingerprint density at radius 2 is 1.79 bits per heavy atom. The van der Waals surface area contributed by atoms with Gasteiger partial charge in [-0.05, 0) is 46.0 Å². The van der Waals surface area contributed by atoms with E-state index in [9.17, 15) is 4.79 Å². The zero-order valence-electron chi connectivity index (χ0n) is 15.8. The molecule has 5 heteroatoms. The smallest absolute Gasteiger partial charge is 0.244 e. The van der Waals surface area contributed by atoms with E-state index in [-0.39, 0.29) is 11.9 Å². The van der Waals surface area contributed by atoms with Crippen LogP contribution < -0.4 is 0 Å². The average molecular weight is 328 g/mol. The lowest BCUT2D eigenvalue weighted by atomic mass is 9.99. The van der Waals surface area contributed by atoms with Crippen LogP contribution in [0.15, 0.2) is 24.3 Å². The van der Waals surface area contributed by atoms with Crippen molar-refractivity contribution in [3.05, 3.63) is 52.3 Å². The molecule has 24 heavy (non-hydrogen) atoms. The minimum absolute atomic E-state index is 0.0944. The molecular formula is C19H28N4O. The molecule has 0 aliphatic carbocycles. The molecule has 1 heterocycles. The normalized spacial score (nSPS) is 12.5. The van der Waals surface area contributed by atoms with Gasteiger partial charge in [-0.15, -0.1) is 0 Å². The molecule has 0 saturated carbocycles. The summed E-state index contributed by atoms with van der Waals surface area (Å²) >= 11 is 0. The topological polar surface area (TPSA) is 41.4 Å². The molecule has 0 bridgehead atoms. The van der Waals surface area contributed by atoms with E-state index < -0.39 is 0 Å². The van der Waals surface area contributed by atoms with Crippen LogP contribution in [0.25, 0.3) is 0 Å². The first kappa shape index (κ1) is 18.2. The van der Waals surface area contributed by atoms with Crippen molar-refractivity contribution < 1.29 is 4.79 Å². The number of nitrogens with zero attached hydrogens (tertiary/aromatic N) is 4.